The van der Waals surface area contributed by atoms with Crippen molar-refractivity contribution >= 4 is 11.6 Å². The fourth-order valence-electron chi connectivity index (χ4n) is 1.53. The SMILES string of the molecule is CCC(C)NC(=O)CCNc1ccccc1C. The summed E-state index contributed by atoms with van der Waals surface area (Å²) >= 11 is 0. The number of aryl methyl sites for hydroxylation is 1. The Morgan fingerprint density at radius 3 is 2.71 bits per heavy atom. The van der Waals surface area contributed by atoms with Gasteiger partial charge in [-0.05, 0) is 31.9 Å². The maximum absolute atomic E-state index is 11.5. The molecule has 0 saturated heterocycles. The zero-order chi connectivity index (χ0) is 12.7. The molecule has 1 unspecified atom stereocenters. The third kappa shape index (κ3) is 4.89. The lowest BCUT2D eigenvalue weighted by atomic mass is 10.2. The van der Waals surface area contributed by atoms with Crippen LogP contribution in [-0.4, -0.2) is 18.5 Å². The van der Waals surface area contributed by atoms with Crippen molar-refractivity contribution in [2.45, 2.75) is 39.7 Å². The summed E-state index contributed by atoms with van der Waals surface area (Å²) in [5.74, 6) is 0.112. The van der Waals surface area contributed by atoms with Crippen LogP contribution in [0.15, 0.2) is 24.3 Å². The molecule has 0 aliphatic rings. The molecule has 2 N–H and O–H groups in total. The smallest absolute Gasteiger partial charge is 0.221 e. The largest absolute Gasteiger partial charge is 0.384 e. The van der Waals surface area contributed by atoms with Crippen molar-refractivity contribution in [1.29, 1.82) is 0 Å². The van der Waals surface area contributed by atoms with E-state index in [4.69, 9.17) is 0 Å². The molecule has 0 heterocycles. The molecular formula is C14H22N2O. The van der Waals surface area contributed by atoms with Crippen molar-refractivity contribution in [3.8, 4) is 0 Å². The molecular weight excluding hydrogens is 212 g/mol. The fourth-order valence-corrected chi connectivity index (χ4v) is 1.53. The number of benzene rings is 1. The van der Waals surface area contributed by atoms with Crippen LogP contribution in [0, 0.1) is 6.92 Å². The van der Waals surface area contributed by atoms with Gasteiger partial charge in [0.25, 0.3) is 0 Å². The molecule has 0 fully saturated rings. The lowest BCUT2D eigenvalue weighted by molar-refractivity contribution is -0.121. The second-order valence-corrected chi connectivity index (χ2v) is 4.37. The molecule has 0 bridgehead atoms. The molecule has 1 aromatic carbocycles. The monoisotopic (exact) mass is 234 g/mol. The third-order valence-electron chi connectivity index (χ3n) is 2.83. The maximum atomic E-state index is 11.5. The number of anilines is 1. The molecule has 0 saturated carbocycles. The molecule has 0 spiro atoms. The van der Waals surface area contributed by atoms with Gasteiger partial charge in [-0.1, -0.05) is 25.1 Å². The van der Waals surface area contributed by atoms with E-state index in [2.05, 4.69) is 30.5 Å². The van der Waals surface area contributed by atoms with Crippen LogP contribution in [0.4, 0.5) is 5.69 Å². The van der Waals surface area contributed by atoms with Gasteiger partial charge in [-0.25, -0.2) is 0 Å². The number of nitrogens with one attached hydrogen (secondary N) is 2. The first-order valence-electron chi connectivity index (χ1n) is 6.22. The first-order chi connectivity index (χ1) is 8.13. The molecule has 1 amide bonds. The maximum Gasteiger partial charge on any atom is 0.221 e. The second kappa shape index (κ2) is 6.94. The summed E-state index contributed by atoms with van der Waals surface area (Å²) in [5.41, 5.74) is 2.30. The van der Waals surface area contributed by atoms with E-state index in [-0.39, 0.29) is 11.9 Å². The van der Waals surface area contributed by atoms with Crippen molar-refractivity contribution in [2.24, 2.45) is 0 Å². The lowest BCUT2D eigenvalue weighted by Crippen LogP contribution is -2.32. The summed E-state index contributed by atoms with van der Waals surface area (Å²) in [6.45, 7) is 6.82. The van der Waals surface area contributed by atoms with Crippen LogP contribution in [-0.2, 0) is 4.79 Å². The molecule has 3 heteroatoms. The van der Waals surface area contributed by atoms with Crippen molar-refractivity contribution in [1.82, 2.24) is 5.32 Å². The van der Waals surface area contributed by atoms with Gasteiger partial charge in [-0.2, -0.15) is 0 Å². The summed E-state index contributed by atoms with van der Waals surface area (Å²) in [4.78, 5) is 11.5. The van der Waals surface area contributed by atoms with Gasteiger partial charge in [-0.3, -0.25) is 4.79 Å². The highest BCUT2D eigenvalue weighted by Gasteiger charge is 2.04. The summed E-state index contributed by atoms with van der Waals surface area (Å²) < 4.78 is 0. The number of para-hydroxylation sites is 1. The van der Waals surface area contributed by atoms with Crippen LogP contribution < -0.4 is 10.6 Å². The van der Waals surface area contributed by atoms with Gasteiger partial charge in [0, 0.05) is 24.7 Å². The molecule has 0 radical (unpaired) electrons. The van der Waals surface area contributed by atoms with E-state index in [0.29, 0.717) is 13.0 Å². The van der Waals surface area contributed by atoms with Gasteiger partial charge in [0.1, 0.15) is 0 Å². The number of carbonyl (C=O) groups excluding carboxylic acids is 1. The highest BCUT2D eigenvalue weighted by atomic mass is 16.1. The minimum absolute atomic E-state index is 0.112. The number of amides is 1. The molecule has 17 heavy (non-hydrogen) atoms. The topological polar surface area (TPSA) is 41.1 Å². The van der Waals surface area contributed by atoms with Gasteiger partial charge in [-0.15, -0.1) is 0 Å². The van der Waals surface area contributed by atoms with Gasteiger partial charge in [0.2, 0.25) is 5.91 Å². The normalized spacial score (nSPS) is 11.9. The van der Waals surface area contributed by atoms with Crippen LogP contribution in [0.25, 0.3) is 0 Å². The summed E-state index contributed by atoms with van der Waals surface area (Å²) in [6, 6.07) is 8.36. The van der Waals surface area contributed by atoms with E-state index in [1.165, 1.54) is 5.56 Å². The summed E-state index contributed by atoms with van der Waals surface area (Å²) in [5, 5.41) is 6.23. The van der Waals surface area contributed by atoms with Crippen LogP contribution in [0.2, 0.25) is 0 Å². The van der Waals surface area contributed by atoms with Gasteiger partial charge >= 0.3 is 0 Å². The van der Waals surface area contributed by atoms with Crippen LogP contribution in [0.5, 0.6) is 0 Å². The van der Waals surface area contributed by atoms with Crippen LogP contribution >= 0.6 is 0 Å². The van der Waals surface area contributed by atoms with E-state index in [1.807, 2.05) is 25.1 Å². The Morgan fingerprint density at radius 2 is 2.06 bits per heavy atom. The minimum Gasteiger partial charge on any atom is -0.384 e. The van der Waals surface area contributed by atoms with Crippen molar-refractivity contribution in [2.75, 3.05) is 11.9 Å². The fraction of sp³-hybridized carbons (Fsp3) is 0.500. The summed E-state index contributed by atoms with van der Waals surface area (Å²) in [7, 11) is 0. The average Bonchev–Trinajstić information content (AvgIpc) is 2.31. The highest BCUT2D eigenvalue weighted by Crippen LogP contribution is 2.12. The quantitative estimate of drug-likeness (QED) is 0.794. The first-order valence-corrected chi connectivity index (χ1v) is 6.22. The van der Waals surface area contributed by atoms with E-state index in [9.17, 15) is 4.79 Å². The van der Waals surface area contributed by atoms with Gasteiger partial charge in [0.05, 0.1) is 0 Å². The Bertz CT molecular complexity index is 363. The number of rotatable bonds is 6. The Kier molecular flexibility index (Phi) is 5.53. The standard InChI is InChI=1S/C14H22N2O/c1-4-12(3)16-14(17)9-10-15-13-8-6-5-7-11(13)2/h5-8,12,15H,4,9-10H2,1-3H3,(H,16,17). The third-order valence-corrected chi connectivity index (χ3v) is 2.83. The molecule has 1 aromatic rings. The molecule has 0 aromatic heterocycles. The predicted molar refractivity (Wildman–Crippen MR) is 72.2 cm³/mol. The van der Waals surface area contributed by atoms with Crippen LogP contribution in [0.3, 0.4) is 0 Å². The lowest BCUT2D eigenvalue weighted by Gasteiger charge is -2.12. The van der Waals surface area contributed by atoms with Crippen LogP contribution in [0.1, 0.15) is 32.3 Å². The second-order valence-electron chi connectivity index (χ2n) is 4.37. The Morgan fingerprint density at radius 1 is 1.35 bits per heavy atom. The molecule has 0 aliphatic carbocycles. The Hall–Kier alpha value is -1.51. The minimum atomic E-state index is 0.112. The number of hydrogen-bond acceptors (Lipinski definition) is 2. The van der Waals surface area contributed by atoms with Crippen molar-refractivity contribution in [3.05, 3.63) is 29.8 Å². The van der Waals surface area contributed by atoms with E-state index < -0.39 is 0 Å². The van der Waals surface area contributed by atoms with Crippen molar-refractivity contribution < 1.29 is 4.79 Å². The zero-order valence-electron chi connectivity index (χ0n) is 10.9. The predicted octanol–water partition coefficient (Wildman–Crippen LogP) is 2.71. The Labute approximate surface area is 104 Å². The van der Waals surface area contributed by atoms with Crippen molar-refractivity contribution in [3.63, 3.8) is 0 Å². The van der Waals surface area contributed by atoms with Gasteiger partial charge < -0.3 is 10.6 Å². The first kappa shape index (κ1) is 13.6. The zero-order valence-corrected chi connectivity index (χ0v) is 10.9. The number of hydrogen-bond donors (Lipinski definition) is 2. The van der Waals surface area contributed by atoms with E-state index >= 15 is 0 Å². The van der Waals surface area contributed by atoms with E-state index in [0.717, 1.165) is 12.1 Å². The van der Waals surface area contributed by atoms with E-state index in [1.54, 1.807) is 0 Å². The molecule has 0 aliphatic heterocycles. The highest BCUT2D eigenvalue weighted by molar-refractivity contribution is 5.76. The number of carbonyl (C=O) groups is 1. The molecule has 1 rings (SSSR count). The average molecular weight is 234 g/mol. The molecule has 3 nitrogen and oxygen atoms in total. The molecule has 1 atom stereocenters. The van der Waals surface area contributed by atoms with Gasteiger partial charge in [0.15, 0.2) is 0 Å². The Balaban J connectivity index is 2.29. The summed E-state index contributed by atoms with van der Waals surface area (Å²) in [6.07, 6.45) is 1.48. The molecule has 94 valence electrons.